The SMILES string of the molecule is CSc1ccc(Oc2ccc3ccccc3c2)cc1. The third-order valence-corrected chi connectivity index (χ3v) is 3.76. The quantitative estimate of drug-likeness (QED) is 0.591. The van der Waals surface area contributed by atoms with Crippen LogP contribution in [0.15, 0.2) is 71.6 Å². The van der Waals surface area contributed by atoms with Gasteiger partial charge in [-0.2, -0.15) is 0 Å². The molecule has 0 radical (unpaired) electrons. The summed E-state index contributed by atoms with van der Waals surface area (Å²) in [7, 11) is 0. The van der Waals surface area contributed by atoms with Crippen LogP contribution in [0.5, 0.6) is 11.5 Å². The zero-order valence-corrected chi connectivity index (χ0v) is 11.5. The molecule has 3 aromatic carbocycles. The van der Waals surface area contributed by atoms with E-state index in [9.17, 15) is 0 Å². The standard InChI is InChI=1S/C17H14OS/c1-19-17-10-8-15(9-11-17)18-16-7-6-13-4-2-3-5-14(13)12-16/h2-12H,1H3. The lowest BCUT2D eigenvalue weighted by Gasteiger charge is -2.07. The lowest BCUT2D eigenvalue weighted by atomic mass is 10.1. The first-order valence-electron chi connectivity index (χ1n) is 6.16. The van der Waals surface area contributed by atoms with Gasteiger partial charge in [-0.1, -0.05) is 30.3 Å². The number of ether oxygens (including phenoxy) is 1. The van der Waals surface area contributed by atoms with E-state index in [4.69, 9.17) is 4.74 Å². The zero-order valence-electron chi connectivity index (χ0n) is 10.7. The van der Waals surface area contributed by atoms with Gasteiger partial charge in [-0.15, -0.1) is 11.8 Å². The molecule has 0 bridgehead atoms. The Morgan fingerprint density at radius 1 is 0.737 bits per heavy atom. The third kappa shape index (κ3) is 2.74. The van der Waals surface area contributed by atoms with Crippen LogP contribution >= 0.6 is 11.8 Å². The van der Waals surface area contributed by atoms with Gasteiger partial charge < -0.3 is 4.74 Å². The Balaban J connectivity index is 1.87. The van der Waals surface area contributed by atoms with Gasteiger partial charge >= 0.3 is 0 Å². The van der Waals surface area contributed by atoms with E-state index < -0.39 is 0 Å². The maximum atomic E-state index is 5.88. The molecule has 0 heterocycles. The minimum atomic E-state index is 0.869. The van der Waals surface area contributed by atoms with Crippen molar-refractivity contribution in [1.29, 1.82) is 0 Å². The largest absolute Gasteiger partial charge is 0.457 e. The number of hydrogen-bond donors (Lipinski definition) is 0. The highest BCUT2D eigenvalue weighted by atomic mass is 32.2. The van der Waals surface area contributed by atoms with Gasteiger partial charge in [-0.3, -0.25) is 0 Å². The first-order chi connectivity index (χ1) is 9.35. The fraction of sp³-hybridized carbons (Fsp3) is 0.0588. The van der Waals surface area contributed by atoms with Gasteiger partial charge in [0.15, 0.2) is 0 Å². The zero-order chi connectivity index (χ0) is 13.1. The van der Waals surface area contributed by atoms with Crippen molar-refractivity contribution < 1.29 is 4.74 Å². The Morgan fingerprint density at radius 2 is 1.42 bits per heavy atom. The Labute approximate surface area is 117 Å². The van der Waals surface area contributed by atoms with E-state index in [1.165, 1.54) is 15.7 Å². The Kier molecular flexibility index (Phi) is 3.43. The molecule has 0 amide bonds. The molecule has 0 atom stereocenters. The summed E-state index contributed by atoms with van der Waals surface area (Å²) in [6.07, 6.45) is 2.07. The van der Waals surface area contributed by atoms with Crippen molar-refractivity contribution in [2.24, 2.45) is 0 Å². The summed E-state index contributed by atoms with van der Waals surface area (Å²) < 4.78 is 5.88. The highest BCUT2D eigenvalue weighted by Gasteiger charge is 1.99. The number of rotatable bonds is 3. The van der Waals surface area contributed by atoms with Gasteiger partial charge in [-0.25, -0.2) is 0 Å². The Hall–Kier alpha value is -1.93. The molecule has 3 aromatic rings. The highest BCUT2D eigenvalue weighted by Crippen LogP contribution is 2.27. The second-order valence-corrected chi connectivity index (χ2v) is 5.17. The van der Waals surface area contributed by atoms with Gasteiger partial charge in [0.25, 0.3) is 0 Å². The Bertz CT molecular complexity index is 689. The number of benzene rings is 3. The molecule has 0 fully saturated rings. The molecule has 0 saturated carbocycles. The summed E-state index contributed by atoms with van der Waals surface area (Å²) in [5.74, 6) is 1.74. The van der Waals surface area contributed by atoms with Crippen LogP contribution in [0.3, 0.4) is 0 Å². The van der Waals surface area contributed by atoms with E-state index in [0.717, 1.165) is 11.5 Å². The summed E-state index contributed by atoms with van der Waals surface area (Å²) in [6.45, 7) is 0. The van der Waals surface area contributed by atoms with Crippen LogP contribution in [0.2, 0.25) is 0 Å². The summed E-state index contributed by atoms with van der Waals surface area (Å²) >= 11 is 1.73. The summed E-state index contributed by atoms with van der Waals surface area (Å²) in [4.78, 5) is 1.24. The van der Waals surface area contributed by atoms with Crippen molar-refractivity contribution in [2.45, 2.75) is 4.90 Å². The third-order valence-electron chi connectivity index (χ3n) is 3.02. The van der Waals surface area contributed by atoms with Crippen LogP contribution in [0, 0.1) is 0 Å². The average Bonchev–Trinajstić information content (AvgIpc) is 2.48. The van der Waals surface area contributed by atoms with E-state index in [1.807, 2.05) is 30.3 Å². The molecule has 0 aliphatic heterocycles. The van der Waals surface area contributed by atoms with Gasteiger partial charge in [-0.05, 0) is 53.4 Å². The molecule has 0 saturated heterocycles. The van der Waals surface area contributed by atoms with Gasteiger partial charge in [0.1, 0.15) is 11.5 Å². The van der Waals surface area contributed by atoms with Gasteiger partial charge in [0.05, 0.1) is 0 Å². The summed E-state index contributed by atoms with van der Waals surface area (Å²) in [5.41, 5.74) is 0. The first-order valence-corrected chi connectivity index (χ1v) is 7.38. The molecule has 0 spiro atoms. The summed E-state index contributed by atoms with van der Waals surface area (Å²) in [6, 6.07) is 22.6. The maximum absolute atomic E-state index is 5.88. The molecule has 0 aliphatic rings. The minimum absolute atomic E-state index is 0.869. The lowest BCUT2D eigenvalue weighted by molar-refractivity contribution is 0.483. The van der Waals surface area contributed by atoms with E-state index in [0.29, 0.717) is 0 Å². The van der Waals surface area contributed by atoms with Crippen LogP contribution in [-0.2, 0) is 0 Å². The van der Waals surface area contributed by atoms with E-state index in [-0.39, 0.29) is 0 Å². The van der Waals surface area contributed by atoms with E-state index in [1.54, 1.807) is 11.8 Å². The van der Waals surface area contributed by atoms with Crippen molar-refractivity contribution in [3.05, 3.63) is 66.7 Å². The molecule has 3 rings (SSSR count). The number of hydrogen-bond acceptors (Lipinski definition) is 2. The van der Waals surface area contributed by atoms with Crippen LogP contribution in [-0.4, -0.2) is 6.26 Å². The lowest BCUT2D eigenvalue weighted by Crippen LogP contribution is -1.84. The fourth-order valence-electron chi connectivity index (χ4n) is 2.01. The number of fused-ring (bicyclic) bond motifs is 1. The average molecular weight is 266 g/mol. The Morgan fingerprint density at radius 3 is 2.16 bits per heavy atom. The second kappa shape index (κ2) is 5.37. The van der Waals surface area contributed by atoms with Crippen molar-refractivity contribution in [2.75, 3.05) is 6.26 Å². The molecule has 19 heavy (non-hydrogen) atoms. The van der Waals surface area contributed by atoms with Crippen molar-refractivity contribution >= 4 is 22.5 Å². The smallest absolute Gasteiger partial charge is 0.128 e. The molecule has 0 aliphatic carbocycles. The first kappa shape index (κ1) is 12.1. The van der Waals surface area contributed by atoms with Crippen LogP contribution in [0.4, 0.5) is 0 Å². The van der Waals surface area contributed by atoms with Gasteiger partial charge in [0, 0.05) is 4.90 Å². The predicted molar refractivity (Wildman–Crippen MR) is 82.2 cm³/mol. The fourth-order valence-corrected chi connectivity index (χ4v) is 2.42. The molecule has 1 nitrogen and oxygen atoms in total. The van der Waals surface area contributed by atoms with Crippen LogP contribution < -0.4 is 4.74 Å². The van der Waals surface area contributed by atoms with Crippen molar-refractivity contribution in [1.82, 2.24) is 0 Å². The molecule has 0 aromatic heterocycles. The molecule has 0 unspecified atom stereocenters. The van der Waals surface area contributed by atoms with Crippen molar-refractivity contribution in [3.63, 3.8) is 0 Å². The molecule has 94 valence electrons. The minimum Gasteiger partial charge on any atom is -0.457 e. The number of thioether (sulfide) groups is 1. The molecular weight excluding hydrogens is 252 g/mol. The van der Waals surface area contributed by atoms with E-state index >= 15 is 0 Å². The topological polar surface area (TPSA) is 9.23 Å². The summed E-state index contributed by atoms with van der Waals surface area (Å²) in [5, 5.41) is 2.42. The monoisotopic (exact) mass is 266 g/mol. The predicted octanol–water partition coefficient (Wildman–Crippen LogP) is 5.35. The highest BCUT2D eigenvalue weighted by molar-refractivity contribution is 7.98. The van der Waals surface area contributed by atoms with Crippen molar-refractivity contribution in [3.8, 4) is 11.5 Å². The van der Waals surface area contributed by atoms with Crippen LogP contribution in [0.25, 0.3) is 10.8 Å². The molecule has 2 heteroatoms. The van der Waals surface area contributed by atoms with E-state index in [2.05, 4.69) is 42.7 Å². The maximum Gasteiger partial charge on any atom is 0.128 e. The van der Waals surface area contributed by atoms with Gasteiger partial charge in [0.2, 0.25) is 0 Å². The normalized spacial score (nSPS) is 10.6. The second-order valence-electron chi connectivity index (χ2n) is 4.29. The molecular formula is C17H14OS. The molecule has 0 N–H and O–H groups in total. The van der Waals surface area contributed by atoms with Crippen LogP contribution in [0.1, 0.15) is 0 Å².